The molecule has 1 aromatic carbocycles. The third kappa shape index (κ3) is 3.93. The SMILES string of the molecule is CCOCCC(=O)N1CCN(c2ccc(F)cc2)CC1. The van der Waals surface area contributed by atoms with E-state index in [1.54, 1.807) is 12.1 Å². The maximum absolute atomic E-state index is 12.9. The minimum Gasteiger partial charge on any atom is -0.381 e. The van der Waals surface area contributed by atoms with E-state index in [0.717, 1.165) is 18.8 Å². The van der Waals surface area contributed by atoms with Gasteiger partial charge in [0.15, 0.2) is 0 Å². The minimum atomic E-state index is -0.224. The molecule has 2 rings (SSSR count). The Bertz CT molecular complexity index is 428. The molecule has 1 aliphatic rings. The van der Waals surface area contributed by atoms with E-state index in [2.05, 4.69) is 4.90 Å². The summed E-state index contributed by atoms with van der Waals surface area (Å²) < 4.78 is 18.1. The Morgan fingerprint density at radius 2 is 1.85 bits per heavy atom. The third-order valence-corrected chi connectivity index (χ3v) is 3.49. The Kier molecular flexibility index (Phi) is 5.35. The molecule has 1 amide bonds. The lowest BCUT2D eigenvalue weighted by Crippen LogP contribution is -2.49. The van der Waals surface area contributed by atoms with Crippen molar-refractivity contribution in [2.75, 3.05) is 44.3 Å². The van der Waals surface area contributed by atoms with Crippen molar-refractivity contribution in [3.8, 4) is 0 Å². The van der Waals surface area contributed by atoms with Gasteiger partial charge in [-0.1, -0.05) is 0 Å². The average Bonchev–Trinajstić information content (AvgIpc) is 2.48. The smallest absolute Gasteiger partial charge is 0.225 e. The Balaban J connectivity index is 1.80. The van der Waals surface area contributed by atoms with Crippen LogP contribution in [0.4, 0.5) is 10.1 Å². The predicted molar refractivity (Wildman–Crippen MR) is 76.3 cm³/mol. The third-order valence-electron chi connectivity index (χ3n) is 3.49. The maximum atomic E-state index is 12.9. The van der Waals surface area contributed by atoms with Crippen LogP contribution in [0.1, 0.15) is 13.3 Å². The first kappa shape index (κ1) is 14.8. The van der Waals surface area contributed by atoms with Gasteiger partial charge in [-0.3, -0.25) is 4.79 Å². The van der Waals surface area contributed by atoms with E-state index in [9.17, 15) is 9.18 Å². The first-order chi connectivity index (χ1) is 9.70. The summed E-state index contributed by atoms with van der Waals surface area (Å²) in [6, 6.07) is 6.49. The van der Waals surface area contributed by atoms with Crippen LogP contribution in [-0.2, 0) is 9.53 Å². The number of ether oxygens (including phenoxy) is 1. The van der Waals surface area contributed by atoms with Gasteiger partial charge in [0.1, 0.15) is 5.82 Å². The van der Waals surface area contributed by atoms with E-state index in [-0.39, 0.29) is 11.7 Å². The predicted octanol–water partition coefficient (Wildman–Crippen LogP) is 1.90. The van der Waals surface area contributed by atoms with Crippen LogP contribution in [-0.4, -0.2) is 50.2 Å². The molecule has 0 saturated carbocycles. The lowest BCUT2D eigenvalue weighted by molar-refractivity contribution is -0.132. The summed E-state index contributed by atoms with van der Waals surface area (Å²) in [5.74, 6) is -0.0734. The molecule has 1 fully saturated rings. The van der Waals surface area contributed by atoms with Gasteiger partial charge in [-0.15, -0.1) is 0 Å². The van der Waals surface area contributed by atoms with Crippen LogP contribution < -0.4 is 4.90 Å². The van der Waals surface area contributed by atoms with Gasteiger partial charge in [-0.25, -0.2) is 4.39 Å². The van der Waals surface area contributed by atoms with E-state index in [1.165, 1.54) is 12.1 Å². The number of hydrogen-bond acceptors (Lipinski definition) is 3. The molecule has 4 nitrogen and oxygen atoms in total. The van der Waals surface area contributed by atoms with Crippen molar-refractivity contribution in [2.45, 2.75) is 13.3 Å². The summed E-state index contributed by atoms with van der Waals surface area (Å²) in [6.07, 6.45) is 0.449. The van der Waals surface area contributed by atoms with Gasteiger partial charge in [0.25, 0.3) is 0 Å². The van der Waals surface area contributed by atoms with Crippen LogP contribution in [0.15, 0.2) is 24.3 Å². The second-order valence-corrected chi connectivity index (χ2v) is 4.79. The number of amides is 1. The van der Waals surface area contributed by atoms with Crippen molar-refractivity contribution in [2.24, 2.45) is 0 Å². The number of benzene rings is 1. The lowest BCUT2D eigenvalue weighted by atomic mass is 10.2. The molecule has 0 atom stereocenters. The lowest BCUT2D eigenvalue weighted by Gasteiger charge is -2.36. The molecule has 1 saturated heterocycles. The second kappa shape index (κ2) is 7.24. The number of piperazine rings is 1. The molecule has 1 aliphatic heterocycles. The van der Waals surface area contributed by atoms with Gasteiger partial charge in [0.05, 0.1) is 13.0 Å². The van der Waals surface area contributed by atoms with Crippen molar-refractivity contribution in [3.63, 3.8) is 0 Å². The summed E-state index contributed by atoms with van der Waals surface area (Å²) in [7, 11) is 0. The Morgan fingerprint density at radius 1 is 1.20 bits per heavy atom. The van der Waals surface area contributed by atoms with Crippen LogP contribution in [0.25, 0.3) is 0 Å². The van der Waals surface area contributed by atoms with E-state index in [1.807, 2.05) is 11.8 Å². The normalized spacial score (nSPS) is 15.5. The van der Waals surface area contributed by atoms with Crippen molar-refractivity contribution < 1.29 is 13.9 Å². The molecule has 110 valence electrons. The fourth-order valence-corrected chi connectivity index (χ4v) is 2.33. The van der Waals surface area contributed by atoms with Crippen LogP contribution in [0, 0.1) is 5.82 Å². The second-order valence-electron chi connectivity index (χ2n) is 4.79. The van der Waals surface area contributed by atoms with Crippen LogP contribution in [0.5, 0.6) is 0 Å². The zero-order valence-corrected chi connectivity index (χ0v) is 11.8. The summed E-state index contributed by atoms with van der Waals surface area (Å²) in [5.41, 5.74) is 1.01. The van der Waals surface area contributed by atoms with Crippen LogP contribution >= 0.6 is 0 Å². The van der Waals surface area contributed by atoms with Gasteiger partial charge < -0.3 is 14.5 Å². The van der Waals surface area contributed by atoms with Crippen LogP contribution in [0.2, 0.25) is 0 Å². The number of nitrogens with zero attached hydrogens (tertiary/aromatic N) is 2. The minimum absolute atomic E-state index is 0.150. The van der Waals surface area contributed by atoms with Gasteiger partial charge in [0, 0.05) is 38.5 Å². The van der Waals surface area contributed by atoms with Gasteiger partial charge >= 0.3 is 0 Å². The standard InChI is InChI=1S/C15H21FN2O2/c1-2-20-12-7-15(19)18-10-8-17(9-11-18)14-5-3-13(16)4-6-14/h3-6H,2,7-12H2,1H3. The Morgan fingerprint density at radius 3 is 2.45 bits per heavy atom. The molecule has 5 heteroatoms. The molecule has 0 spiro atoms. The van der Waals surface area contributed by atoms with Crippen LogP contribution in [0.3, 0.4) is 0 Å². The highest BCUT2D eigenvalue weighted by Gasteiger charge is 2.20. The molecular weight excluding hydrogens is 259 g/mol. The molecule has 0 radical (unpaired) electrons. The molecule has 20 heavy (non-hydrogen) atoms. The summed E-state index contributed by atoms with van der Waals surface area (Å²) >= 11 is 0. The number of anilines is 1. The molecule has 0 aromatic heterocycles. The van der Waals surface area contributed by atoms with E-state index >= 15 is 0 Å². The van der Waals surface area contributed by atoms with Gasteiger partial charge in [0.2, 0.25) is 5.91 Å². The van der Waals surface area contributed by atoms with Crippen molar-refractivity contribution in [1.82, 2.24) is 4.90 Å². The average molecular weight is 280 g/mol. The first-order valence-corrected chi connectivity index (χ1v) is 7.06. The topological polar surface area (TPSA) is 32.8 Å². The summed E-state index contributed by atoms with van der Waals surface area (Å²) in [5, 5.41) is 0. The van der Waals surface area contributed by atoms with Gasteiger partial charge in [-0.05, 0) is 31.2 Å². The number of carbonyl (C=O) groups excluding carboxylic acids is 1. The first-order valence-electron chi connectivity index (χ1n) is 7.06. The molecule has 0 N–H and O–H groups in total. The molecule has 0 aliphatic carbocycles. The van der Waals surface area contributed by atoms with E-state index in [4.69, 9.17) is 4.74 Å². The van der Waals surface area contributed by atoms with E-state index < -0.39 is 0 Å². The van der Waals surface area contributed by atoms with E-state index in [0.29, 0.717) is 32.7 Å². The fourth-order valence-electron chi connectivity index (χ4n) is 2.33. The Hall–Kier alpha value is -1.62. The molecule has 0 bridgehead atoms. The highest BCUT2D eigenvalue weighted by atomic mass is 19.1. The highest BCUT2D eigenvalue weighted by Crippen LogP contribution is 2.17. The zero-order valence-electron chi connectivity index (χ0n) is 11.8. The summed E-state index contributed by atoms with van der Waals surface area (Å²) in [4.78, 5) is 16.0. The molecule has 1 aromatic rings. The quantitative estimate of drug-likeness (QED) is 0.772. The number of hydrogen-bond donors (Lipinski definition) is 0. The molecular formula is C15H21FN2O2. The van der Waals surface area contributed by atoms with Crippen molar-refractivity contribution in [3.05, 3.63) is 30.1 Å². The molecule has 0 unspecified atom stereocenters. The highest BCUT2D eigenvalue weighted by molar-refractivity contribution is 5.76. The number of halogens is 1. The molecule has 1 heterocycles. The largest absolute Gasteiger partial charge is 0.381 e. The fraction of sp³-hybridized carbons (Fsp3) is 0.533. The summed E-state index contributed by atoms with van der Waals surface area (Å²) in [6.45, 7) is 6.05. The van der Waals surface area contributed by atoms with Crippen molar-refractivity contribution in [1.29, 1.82) is 0 Å². The van der Waals surface area contributed by atoms with Crippen molar-refractivity contribution >= 4 is 11.6 Å². The number of carbonyl (C=O) groups is 1. The Labute approximate surface area is 119 Å². The monoisotopic (exact) mass is 280 g/mol. The zero-order chi connectivity index (χ0) is 14.4. The number of rotatable bonds is 5. The maximum Gasteiger partial charge on any atom is 0.225 e. The van der Waals surface area contributed by atoms with Gasteiger partial charge in [-0.2, -0.15) is 0 Å².